The molecule has 3 rings (SSSR count). The predicted octanol–water partition coefficient (Wildman–Crippen LogP) is 5.46. The molecule has 1 amide bonds. The molecule has 5 nitrogen and oxygen atoms in total. The third kappa shape index (κ3) is 4.43. The normalized spacial score (nSPS) is 11.0. The number of halogens is 1. The summed E-state index contributed by atoms with van der Waals surface area (Å²) in [6.07, 6.45) is 1.40. The molecule has 0 radical (unpaired) electrons. The Morgan fingerprint density at radius 1 is 1.18 bits per heavy atom. The molecule has 0 aliphatic carbocycles. The zero-order chi connectivity index (χ0) is 20.1. The summed E-state index contributed by atoms with van der Waals surface area (Å²) in [6.45, 7) is 1.92. The van der Waals surface area contributed by atoms with E-state index < -0.39 is 5.91 Å². The molecule has 0 unspecified atom stereocenters. The number of rotatable bonds is 5. The summed E-state index contributed by atoms with van der Waals surface area (Å²) >= 11 is 5.89. The number of carbonyl (C=O) groups excluding carboxylic acids is 1. The third-order valence-electron chi connectivity index (χ3n) is 4.01. The number of hydrogen-bond acceptors (Lipinski definition) is 4. The second-order valence-corrected chi connectivity index (χ2v) is 6.47. The number of nitriles is 1. The van der Waals surface area contributed by atoms with Gasteiger partial charge >= 0.3 is 0 Å². The van der Waals surface area contributed by atoms with Crippen molar-refractivity contribution in [1.82, 2.24) is 0 Å². The van der Waals surface area contributed by atoms with Crippen LogP contribution in [0.4, 0.5) is 5.69 Å². The Morgan fingerprint density at radius 3 is 2.61 bits per heavy atom. The molecular formula is C22H17ClN2O3. The summed E-state index contributed by atoms with van der Waals surface area (Å²) in [5.74, 6) is 0.982. The maximum Gasteiger partial charge on any atom is 0.266 e. The molecule has 140 valence electrons. The Labute approximate surface area is 167 Å². The van der Waals surface area contributed by atoms with Crippen LogP contribution in [0.1, 0.15) is 11.3 Å². The lowest BCUT2D eigenvalue weighted by Crippen LogP contribution is -2.14. The minimum Gasteiger partial charge on any atom is -0.495 e. The van der Waals surface area contributed by atoms with Gasteiger partial charge in [-0.15, -0.1) is 0 Å². The third-order valence-corrected chi connectivity index (χ3v) is 4.26. The first-order chi connectivity index (χ1) is 13.5. The summed E-state index contributed by atoms with van der Waals surface area (Å²) in [5.41, 5.74) is 2.24. The molecule has 28 heavy (non-hydrogen) atoms. The van der Waals surface area contributed by atoms with Gasteiger partial charge in [-0.2, -0.15) is 5.26 Å². The van der Waals surface area contributed by atoms with Gasteiger partial charge in [0.2, 0.25) is 0 Å². The van der Waals surface area contributed by atoms with Crippen LogP contribution in [0.25, 0.3) is 17.4 Å². The summed E-state index contributed by atoms with van der Waals surface area (Å²) < 4.78 is 11.0. The smallest absolute Gasteiger partial charge is 0.266 e. The van der Waals surface area contributed by atoms with Crippen LogP contribution in [0.5, 0.6) is 5.75 Å². The van der Waals surface area contributed by atoms with E-state index in [-0.39, 0.29) is 5.57 Å². The van der Waals surface area contributed by atoms with Gasteiger partial charge in [-0.3, -0.25) is 4.79 Å². The van der Waals surface area contributed by atoms with Gasteiger partial charge in [-0.1, -0.05) is 17.7 Å². The van der Waals surface area contributed by atoms with Crippen LogP contribution < -0.4 is 10.1 Å². The largest absolute Gasteiger partial charge is 0.495 e. The average molecular weight is 393 g/mol. The number of benzene rings is 2. The SMILES string of the molecule is COc1cc(C)ccc1NC(=O)/C(C#N)=C/c1ccc(-c2ccc(Cl)cc2)o1. The molecule has 1 aromatic heterocycles. The van der Waals surface area contributed by atoms with Crippen molar-refractivity contribution in [2.24, 2.45) is 0 Å². The van der Waals surface area contributed by atoms with Gasteiger partial charge in [-0.05, 0) is 61.0 Å². The highest BCUT2D eigenvalue weighted by atomic mass is 35.5. The number of nitrogens with zero attached hydrogens (tertiary/aromatic N) is 1. The van der Waals surface area contributed by atoms with Crippen molar-refractivity contribution in [1.29, 1.82) is 5.26 Å². The van der Waals surface area contributed by atoms with Crippen molar-refractivity contribution < 1.29 is 13.9 Å². The number of methoxy groups -OCH3 is 1. The zero-order valence-electron chi connectivity index (χ0n) is 15.3. The molecule has 0 aliphatic rings. The molecule has 0 saturated carbocycles. The molecule has 6 heteroatoms. The van der Waals surface area contributed by atoms with E-state index in [2.05, 4.69) is 5.32 Å². The van der Waals surface area contributed by atoms with Gasteiger partial charge in [0.1, 0.15) is 28.9 Å². The highest BCUT2D eigenvalue weighted by Crippen LogP contribution is 2.27. The van der Waals surface area contributed by atoms with E-state index in [4.69, 9.17) is 20.8 Å². The minimum atomic E-state index is -0.547. The Morgan fingerprint density at radius 2 is 1.93 bits per heavy atom. The molecule has 1 heterocycles. The topological polar surface area (TPSA) is 75.3 Å². The van der Waals surface area contributed by atoms with Crippen molar-refractivity contribution in [3.8, 4) is 23.1 Å². The van der Waals surface area contributed by atoms with Crippen molar-refractivity contribution in [3.63, 3.8) is 0 Å². The van der Waals surface area contributed by atoms with Crippen LogP contribution in [0.2, 0.25) is 5.02 Å². The quantitative estimate of drug-likeness (QED) is 0.462. The fourth-order valence-electron chi connectivity index (χ4n) is 2.58. The van der Waals surface area contributed by atoms with Gasteiger partial charge in [0.05, 0.1) is 12.8 Å². The van der Waals surface area contributed by atoms with Crippen LogP contribution in [0.15, 0.2) is 64.6 Å². The van der Waals surface area contributed by atoms with E-state index >= 15 is 0 Å². The molecule has 0 atom stereocenters. The molecule has 0 bridgehead atoms. The molecule has 0 saturated heterocycles. The highest BCUT2D eigenvalue weighted by Gasteiger charge is 2.14. The highest BCUT2D eigenvalue weighted by molar-refractivity contribution is 6.30. The van der Waals surface area contributed by atoms with Gasteiger partial charge in [0, 0.05) is 16.7 Å². The zero-order valence-corrected chi connectivity index (χ0v) is 16.1. The summed E-state index contributed by atoms with van der Waals surface area (Å²) in [4.78, 5) is 12.5. The molecule has 3 aromatic rings. The number of nitrogens with one attached hydrogen (secondary N) is 1. The lowest BCUT2D eigenvalue weighted by atomic mass is 10.2. The van der Waals surface area contributed by atoms with E-state index in [0.29, 0.717) is 28.0 Å². The lowest BCUT2D eigenvalue weighted by Gasteiger charge is -2.10. The first-order valence-corrected chi connectivity index (χ1v) is 8.81. The van der Waals surface area contributed by atoms with Crippen molar-refractivity contribution in [3.05, 3.63) is 76.5 Å². The average Bonchev–Trinajstić information content (AvgIpc) is 3.16. The lowest BCUT2D eigenvalue weighted by molar-refractivity contribution is -0.112. The first-order valence-electron chi connectivity index (χ1n) is 8.43. The van der Waals surface area contributed by atoms with Crippen LogP contribution in [0, 0.1) is 18.3 Å². The maximum atomic E-state index is 12.5. The van der Waals surface area contributed by atoms with Crippen LogP contribution in [-0.4, -0.2) is 13.0 Å². The van der Waals surface area contributed by atoms with E-state index in [1.165, 1.54) is 13.2 Å². The first kappa shape index (κ1) is 19.3. The van der Waals surface area contributed by atoms with E-state index in [9.17, 15) is 10.1 Å². The number of aryl methyl sites for hydroxylation is 1. The number of furan rings is 1. The Kier molecular flexibility index (Phi) is 5.83. The molecule has 0 aliphatic heterocycles. The van der Waals surface area contributed by atoms with Gasteiger partial charge < -0.3 is 14.5 Å². The van der Waals surface area contributed by atoms with Crippen molar-refractivity contribution >= 4 is 29.3 Å². The minimum absolute atomic E-state index is 0.0837. The summed E-state index contributed by atoms with van der Waals surface area (Å²) in [7, 11) is 1.52. The van der Waals surface area contributed by atoms with Crippen molar-refractivity contribution in [2.75, 3.05) is 12.4 Å². The number of ether oxygens (including phenoxy) is 1. The standard InChI is InChI=1S/C22H17ClN2O3/c1-14-3-9-19(21(11-14)27-2)25-22(26)16(13-24)12-18-8-10-20(28-18)15-4-6-17(23)7-5-15/h3-12H,1-2H3,(H,25,26)/b16-12+. The summed E-state index contributed by atoms with van der Waals surface area (Å²) in [6, 6.07) is 17.9. The molecule has 0 spiro atoms. The molecular weight excluding hydrogens is 376 g/mol. The van der Waals surface area contributed by atoms with Gasteiger partial charge in [-0.25, -0.2) is 0 Å². The molecule has 2 aromatic carbocycles. The van der Waals surface area contributed by atoms with Gasteiger partial charge in [0.15, 0.2) is 0 Å². The van der Waals surface area contributed by atoms with Crippen LogP contribution in [0.3, 0.4) is 0 Å². The Bertz CT molecular complexity index is 1080. The number of hydrogen-bond donors (Lipinski definition) is 1. The van der Waals surface area contributed by atoms with Crippen LogP contribution >= 0.6 is 11.6 Å². The van der Waals surface area contributed by atoms with Crippen molar-refractivity contribution in [2.45, 2.75) is 6.92 Å². The van der Waals surface area contributed by atoms with E-state index in [0.717, 1.165) is 11.1 Å². The maximum absolute atomic E-state index is 12.5. The fourth-order valence-corrected chi connectivity index (χ4v) is 2.71. The van der Waals surface area contributed by atoms with E-state index in [1.54, 1.807) is 36.4 Å². The monoisotopic (exact) mass is 392 g/mol. The number of amides is 1. The summed E-state index contributed by atoms with van der Waals surface area (Å²) in [5, 5.41) is 12.7. The predicted molar refractivity (Wildman–Crippen MR) is 109 cm³/mol. The number of anilines is 1. The van der Waals surface area contributed by atoms with Crippen LogP contribution in [-0.2, 0) is 4.79 Å². The molecule has 0 fully saturated rings. The second-order valence-electron chi connectivity index (χ2n) is 6.04. The Balaban J connectivity index is 1.81. The van der Waals surface area contributed by atoms with E-state index in [1.807, 2.05) is 31.2 Å². The number of carbonyl (C=O) groups is 1. The second kappa shape index (κ2) is 8.47. The molecule has 1 N–H and O–H groups in total. The van der Waals surface area contributed by atoms with Gasteiger partial charge in [0.25, 0.3) is 5.91 Å². The Hall–Kier alpha value is -3.49. The fraction of sp³-hybridized carbons (Fsp3) is 0.0909.